The van der Waals surface area contributed by atoms with E-state index in [1.54, 1.807) is 13.2 Å². The minimum absolute atomic E-state index is 0.0404. The lowest BCUT2D eigenvalue weighted by atomic mass is 10.1. The van der Waals surface area contributed by atoms with E-state index in [1.165, 1.54) is 6.20 Å². The van der Waals surface area contributed by atoms with Crippen molar-refractivity contribution < 1.29 is 19.4 Å². The molecule has 104 valence electrons. The standard InChI is InChI=1S/C14H14N2O4/c1-3-8-6-9(4-5-11(8)20-2)13-15-7-10(16-13)12(17)14(18)19/h4-7H,3H2,1-2H3,(H,15,16)(H,18,19). The van der Waals surface area contributed by atoms with E-state index in [4.69, 9.17) is 9.84 Å². The van der Waals surface area contributed by atoms with Gasteiger partial charge in [-0.05, 0) is 30.2 Å². The van der Waals surface area contributed by atoms with Crippen LogP contribution in [0.15, 0.2) is 24.4 Å². The second kappa shape index (κ2) is 5.56. The van der Waals surface area contributed by atoms with E-state index in [0.29, 0.717) is 5.82 Å². The van der Waals surface area contributed by atoms with E-state index in [-0.39, 0.29) is 5.69 Å². The van der Waals surface area contributed by atoms with Crippen LogP contribution < -0.4 is 4.74 Å². The number of hydrogen-bond donors (Lipinski definition) is 2. The molecular formula is C14H14N2O4. The van der Waals surface area contributed by atoms with Crippen LogP contribution in [0.1, 0.15) is 23.0 Å². The second-order valence-electron chi connectivity index (χ2n) is 4.16. The normalized spacial score (nSPS) is 10.3. The number of Topliss-reactive ketones (excluding diaryl/α,β-unsaturated/α-hetero) is 1. The molecule has 6 heteroatoms. The van der Waals surface area contributed by atoms with Gasteiger partial charge in [-0.15, -0.1) is 0 Å². The Hall–Kier alpha value is -2.63. The van der Waals surface area contributed by atoms with Gasteiger partial charge in [0.2, 0.25) is 0 Å². The summed E-state index contributed by atoms with van der Waals surface area (Å²) in [7, 11) is 1.60. The molecule has 1 aromatic heterocycles. The van der Waals surface area contributed by atoms with Crippen molar-refractivity contribution in [2.45, 2.75) is 13.3 Å². The Kier molecular flexibility index (Phi) is 3.84. The Bertz CT molecular complexity index is 661. The van der Waals surface area contributed by atoms with Gasteiger partial charge in [-0.2, -0.15) is 0 Å². The number of ether oxygens (including phenoxy) is 1. The molecule has 0 atom stereocenters. The number of carboxylic acids is 1. The number of benzene rings is 1. The molecule has 0 unspecified atom stereocenters. The highest BCUT2D eigenvalue weighted by Gasteiger charge is 2.17. The Morgan fingerprint density at radius 1 is 1.40 bits per heavy atom. The number of imidazole rings is 1. The third-order valence-corrected chi connectivity index (χ3v) is 2.95. The zero-order valence-corrected chi connectivity index (χ0v) is 11.1. The van der Waals surface area contributed by atoms with Gasteiger partial charge in [-0.25, -0.2) is 9.78 Å². The average molecular weight is 274 g/mol. The molecule has 2 N–H and O–H groups in total. The van der Waals surface area contributed by atoms with Gasteiger partial charge in [-0.1, -0.05) is 6.92 Å². The predicted molar refractivity (Wildman–Crippen MR) is 71.9 cm³/mol. The molecule has 0 aliphatic heterocycles. The summed E-state index contributed by atoms with van der Waals surface area (Å²) >= 11 is 0. The Morgan fingerprint density at radius 2 is 2.15 bits per heavy atom. The molecule has 0 saturated carbocycles. The smallest absolute Gasteiger partial charge is 0.378 e. The molecule has 1 heterocycles. The van der Waals surface area contributed by atoms with Crippen LogP contribution in [0, 0.1) is 0 Å². The molecule has 6 nitrogen and oxygen atoms in total. The number of methoxy groups -OCH3 is 1. The van der Waals surface area contributed by atoms with Gasteiger partial charge in [0.05, 0.1) is 13.3 Å². The van der Waals surface area contributed by atoms with E-state index in [1.807, 2.05) is 19.1 Å². The van der Waals surface area contributed by atoms with E-state index >= 15 is 0 Å². The molecule has 20 heavy (non-hydrogen) atoms. The SMILES string of the molecule is CCc1cc(-c2ncc(C(=O)C(=O)O)[nH]2)ccc1OC. The van der Waals surface area contributed by atoms with Crippen molar-refractivity contribution in [3.8, 4) is 17.1 Å². The molecule has 0 amide bonds. The predicted octanol–water partition coefficient (Wildman–Crippen LogP) is 1.91. The third kappa shape index (κ3) is 2.54. The number of carbonyl (C=O) groups is 2. The summed E-state index contributed by atoms with van der Waals surface area (Å²) in [5.74, 6) is -1.28. The van der Waals surface area contributed by atoms with Gasteiger partial charge in [0.25, 0.3) is 5.78 Å². The molecule has 0 saturated heterocycles. The summed E-state index contributed by atoms with van der Waals surface area (Å²) in [6, 6.07) is 5.51. The van der Waals surface area contributed by atoms with Gasteiger partial charge >= 0.3 is 5.97 Å². The molecule has 2 rings (SSSR count). The number of aryl methyl sites for hydroxylation is 1. The van der Waals surface area contributed by atoms with Crippen LogP contribution in [0.3, 0.4) is 0 Å². The lowest BCUT2D eigenvalue weighted by Crippen LogP contribution is -2.12. The van der Waals surface area contributed by atoms with E-state index in [9.17, 15) is 9.59 Å². The lowest BCUT2D eigenvalue weighted by molar-refractivity contribution is -0.131. The van der Waals surface area contributed by atoms with Gasteiger partial charge in [0, 0.05) is 5.56 Å². The number of nitrogens with zero attached hydrogens (tertiary/aromatic N) is 1. The highest BCUT2D eigenvalue weighted by Crippen LogP contribution is 2.25. The summed E-state index contributed by atoms with van der Waals surface area (Å²) in [6.45, 7) is 2.00. The zero-order valence-electron chi connectivity index (χ0n) is 11.1. The minimum Gasteiger partial charge on any atom is -0.496 e. The van der Waals surface area contributed by atoms with Crippen molar-refractivity contribution in [2.75, 3.05) is 7.11 Å². The number of carboxylic acid groups (broad SMARTS) is 1. The molecule has 0 aliphatic rings. The average Bonchev–Trinajstić information content (AvgIpc) is 2.95. The van der Waals surface area contributed by atoms with Crippen LogP contribution in [0.4, 0.5) is 0 Å². The fraction of sp³-hybridized carbons (Fsp3) is 0.214. The van der Waals surface area contributed by atoms with Gasteiger partial charge in [0.1, 0.15) is 17.3 Å². The highest BCUT2D eigenvalue weighted by molar-refractivity contribution is 6.39. The van der Waals surface area contributed by atoms with Crippen molar-refractivity contribution >= 4 is 11.8 Å². The van der Waals surface area contributed by atoms with Crippen LogP contribution in [-0.4, -0.2) is 33.9 Å². The van der Waals surface area contributed by atoms with Gasteiger partial charge < -0.3 is 14.8 Å². The number of carbonyl (C=O) groups excluding carboxylic acids is 1. The van der Waals surface area contributed by atoms with Crippen LogP contribution >= 0.6 is 0 Å². The Balaban J connectivity index is 2.37. The van der Waals surface area contributed by atoms with E-state index < -0.39 is 11.8 Å². The molecule has 0 radical (unpaired) electrons. The van der Waals surface area contributed by atoms with Crippen molar-refractivity contribution in [2.24, 2.45) is 0 Å². The number of aromatic nitrogens is 2. The molecule has 0 fully saturated rings. The largest absolute Gasteiger partial charge is 0.496 e. The quantitative estimate of drug-likeness (QED) is 0.642. The molecule has 2 aromatic rings. The maximum atomic E-state index is 11.3. The molecule has 1 aromatic carbocycles. The number of ketones is 1. The zero-order chi connectivity index (χ0) is 14.7. The van der Waals surface area contributed by atoms with Gasteiger partial charge in [0.15, 0.2) is 0 Å². The summed E-state index contributed by atoms with van der Waals surface area (Å²) in [4.78, 5) is 28.7. The first-order valence-corrected chi connectivity index (χ1v) is 6.06. The first-order valence-electron chi connectivity index (χ1n) is 6.06. The Morgan fingerprint density at radius 3 is 2.75 bits per heavy atom. The monoisotopic (exact) mass is 274 g/mol. The third-order valence-electron chi connectivity index (χ3n) is 2.95. The first kappa shape index (κ1) is 13.8. The summed E-state index contributed by atoms with van der Waals surface area (Å²) in [5, 5.41) is 8.65. The number of hydrogen-bond acceptors (Lipinski definition) is 4. The number of H-pyrrole nitrogens is 1. The lowest BCUT2D eigenvalue weighted by Gasteiger charge is -2.07. The number of aliphatic carboxylic acids is 1. The summed E-state index contributed by atoms with van der Waals surface area (Å²) in [5.41, 5.74) is 1.74. The first-order chi connectivity index (χ1) is 9.56. The maximum absolute atomic E-state index is 11.3. The Labute approximate surface area is 115 Å². The van der Waals surface area contributed by atoms with Crippen molar-refractivity contribution in [3.63, 3.8) is 0 Å². The fourth-order valence-corrected chi connectivity index (χ4v) is 1.90. The number of aromatic amines is 1. The molecule has 0 aliphatic carbocycles. The van der Waals surface area contributed by atoms with Crippen molar-refractivity contribution in [1.82, 2.24) is 9.97 Å². The fourth-order valence-electron chi connectivity index (χ4n) is 1.90. The highest BCUT2D eigenvalue weighted by atomic mass is 16.5. The molecule has 0 spiro atoms. The van der Waals surface area contributed by atoms with Crippen LogP contribution in [0.2, 0.25) is 0 Å². The van der Waals surface area contributed by atoms with Crippen LogP contribution in [0.5, 0.6) is 5.75 Å². The summed E-state index contributed by atoms with van der Waals surface area (Å²) in [6.07, 6.45) is 2.01. The molecular weight excluding hydrogens is 260 g/mol. The maximum Gasteiger partial charge on any atom is 0.378 e. The number of rotatable bonds is 5. The van der Waals surface area contributed by atoms with E-state index in [0.717, 1.165) is 23.3 Å². The molecule has 0 bridgehead atoms. The number of nitrogens with one attached hydrogen (secondary N) is 1. The van der Waals surface area contributed by atoms with E-state index in [2.05, 4.69) is 9.97 Å². The van der Waals surface area contributed by atoms with Crippen LogP contribution in [0.25, 0.3) is 11.4 Å². The van der Waals surface area contributed by atoms with Crippen molar-refractivity contribution in [1.29, 1.82) is 0 Å². The second-order valence-corrected chi connectivity index (χ2v) is 4.16. The summed E-state index contributed by atoms with van der Waals surface area (Å²) < 4.78 is 5.24. The van der Waals surface area contributed by atoms with Crippen molar-refractivity contribution in [3.05, 3.63) is 35.7 Å². The topological polar surface area (TPSA) is 92.3 Å². The van der Waals surface area contributed by atoms with Gasteiger partial charge in [-0.3, -0.25) is 4.79 Å². The minimum atomic E-state index is -1.51. The van der Waals surface area contributed by atoms with Crippen LogP contribution in [-0.2, 0) is 11.2 Å².